The van der Waals surface area contributed by atoms with Gasteiger partial charge in [0.05, 0.1) is 47.9 Å². The van der Waals surface area contributed by atoms with Crippen LogP contribution < -0.4 is 15.2 Å². The SMILES string of the molecule is COc1cc([N+](=O)[O-])c([C@@H](N)CO)c(Br)c1OC. The molecule has 0 bridgehead atoms. The Balaban J connectivity index is 3.60. The van der Waals surface area contributed by atoms with Crippen molar-refractivity contribution < 1.29 is 19.5 Å². The van der Waals surface area contributed by atoms with Crippen LogP contribution >= 0.6 is 15.9 Å². The molecule has 3 N–H and O–H groups in total. The fourth-order valence-electron chi connectivity index (χ4n) is 1.55. The van der Waals surface area contributed by atoms with Crippen LogP contribution in [0.5, 0.6) is 11.5 Å². The average Bonchev–Trinajstić information content (AvgIpc) is 2.36. The van der Waals surface area contributed by atoms with Crippen molar-refractivity contribution in [3.8, 4) is 11.5 Å². The second-order valence-corrected chi connectivity index (χ2v) is 4.20. The number of aliphatic hydroxyl groups is 1. The molecule has 7 nitrogen and oxygen atoms in total. The molecule has 0 saturated heterocycles. The highest BCUT2D eigenvalue weighted by Crippen LogP contribution is 2.44. The van der Waals surface area contributed by atoms with Gasteiger partial charge in [-0.25, -0.2) is 0 Å². The third-order valence-electron chi connectivity index (χ3n) is 2.39. The molecule has 100 valence electrons. The molecular weight excluding hydrogens is 308 g/mol. The lowest BCUT2D eigenvalue weighted by atomic mass is 10.0. The first-order valence-electron chi connectivity index (χ1n) is 4.93. The molecule has 0 radical (unpaired) electrons. The number of halogens is 1. The zero-order valence-electron chi connectivity index (χ0n) is 9.84. The summed E-state index contributed by atoms with van der Waals surface area (Å²) in [6.07, 6.45) is 0. The van der Waals surface area contributed by atoms with Crippen molar-refractivity contribution in [3.63, 3.8) is 0 Å². The maximum absolute atomic E-state index is 11.0. The summed E-state index contributed by atoms with van der Waals surface area (Å²) in [5.41, 5.74) is 5.60. The first kappa shape index (κ1) is 14.7. The topological polar surface area (TPSA) is 108 Å². The van der Waals surface area contributed by atoms with E-state index in [9.17, 15) is 10.1 Å². The number of nitrogens with zero attached hydrogens (tertiary/aromatic N) is 1. The molecule has 0 aliphatic rings. The Hall–Kier alpha value is -1.38. The maximum atomic E-state index is 11.0. The van der Waals surface area contributed by atoms with E-state index in [4.69, 9.17) is 20.3 Å². The van der Waals surface area contributed by atoms with E-state index in [-0.39, 0.29) is 17.0 Å². The maximum Gasteiger partial charge on any atom is 0.279 e. The van der Waals surface area contributed by atoms with Gasteiger partial charge < -0.3 is 20.3 Å². The highest BCUT2D eigenvalue weighted by atomic mass is 79.9. The average molecular weight is 321 g/mol. The fourth-order valence-corrected chi connectivity index (χ4v) is 2.40. The lowest BCUT2D eigenvalue weighted by Crippen LogP contribution is -2.17. The summed E-state index contributed by atoms with van der Waals surface area (Å²) in [5, 5.41) is 20.1. The molecule has 0 aliphatic carbocycles. The van der Waals surface area contributed by atoms with Crippen LogP contribution in [-0.4, -0.2) is 30.9 Å². The van der Waals surface area contributed by atoms with E-state index in [1.54, 1.807) is 0 Å². The summed E-state index contributed by atoms with van der Waals surface area (Å²) < 4.78 is 10.4. The van der Waals surface area contributed by atoms with Crippen molar-refractivity contribution in [2.75, 3.05) is 20.8 Å². The molecule has 0 spiro atoms. The summed E-state index contributed by atoms with van der Waals surface area (Å²) >= 11 is 3.19. The van der Waals surface area contributed by atoms with Crippen LogP contribution in [0.3, 0.4) is 0 Å². The normalized spacial score (nSPS) is 12.1. The van der Waals surface area contributed by atoms with Crippen molar-refractivity contribution in [2.45, 2.75) is 6.04 Å². The number of nitro groups is 1. The number of hydrogen-bond donors (Lipinski definition) is 2. The summed E-state index contributed by atoms with van der Waals surface area (Å²) in [4.78, 5) is 10.4. The van der Waals surface area contributed by atoms with Gasteiger partial charge in [0.1, 0.15) is 0 Å². The predicted molar refractivity (Wildman–Crippen MR) is 67.9 cm³/mol. The van der Waals surface area contributed by atoms with Crippen molar-refractivity contribution in [1.29, 1.82) is 0 Å². The van der Waals surface area contributed by atoms with Gasteiger partial charge >= 0.3 is 0 Å². The number of benzene rings is 1. The lowest BCUT2D eigenvalue weighted by molar-refractivity contribution is -0.385. The van der Waals surface area contributed by atoms with Crippen LogP contribution in [0.4, 0.5) is 5.69 Å². The Morgan fingerprint density at radius 1 is 1.56 bits per heavy atom. The molecule has 0 fully saturated rings. The lowest BCUT2D eigenvalue weighted by Gasteiger charge is -2.16. The van der Waals surface area contributed by atoms with E-state index in [0.29, 0.717) is 10.2 Å². The number of aliphatic hydroxyl groups excluding tert-OH is 1. The Bertz CT molecular complexity index is 466. The zero-order chi connectivity index (χ0) is 13.9. The van der Waals surface area contributed by atoms with Crippen molar-refractivity contribution in [1.82, 2.24) is 0 Å². The third-order valence-corrected chi connectivity index (χ3v) is 3.18. The largest absolute Gasteiger partial charge is 0.493 e. The van der Waals surface area contributed by atoms with Gasteiger partial charge in [-0.2, -0.15) is 0 Å². The van der Waals surface area contributed by atoms with Gasteiger partial charge in [-0.1, -0.05) is 0 Å². The molecule has 1 aromatic carbocycles. The van der Waals surface area contributed by atoms with Gasteiger partial charge in [-0.15, -0.1) is 0 Å². The standard InChI is InChI=1S/C10H13BrN2O5/c1-17-7-3-6(13(15)16)8(5(12)4-14)9(11)10(7)18-2/h3,5,14H,4,12H2,1-2H3/t5-/m0/s1. The predicted octanol–water partition coefficient (Wildman–Crippen LogP) is 1.37. The number of rotatable bonds is 5. The first-order valence-corrected chi connectivity index (χ1v) is 5.72. The van der Waals surface area contributed by atoms with Crippen LogP contribution in [-0.2, 0) is 0 Å². The minimum Gasteiger partial charge on any atom is -0.493 e. The summed E-state index contributed by atoms with van der Waals surface area (Å²) in [6, 6.07) is 0.327. The Morgan fingerprint density at radius 3 is 2.56 bits per heavy atom. The van der Waals surface area contributed by atoms with Crippen molar-refractivity contribution in [2.24, 2.45) is 5.73 Å². The van der Waals surface area contributed by atoms with E-state index in [1.165, 1.54) is 20.3 Å². The monoisotopic (exact) mass is 320 g/mol. The second-order valence-electron chi connectivity index (χ2n) is 3.41. The Labute approximate surface area is 112 Å². The molecule has 1 atom stereocenters. The number of ether oxygens (including phenoxy) is 2. The third kappa shape index (κ3) is 2.55. The molecule has 0 heterocycles. The minimum absolute atomic E-state index is 0.167. The summed E-state index contributed by atoms with van der Waals surface area (Å²) in [6.45, 7) is -0.422. The molecule has 0 amide bonds. The zero-order valence-corrected chi connectivity index (χ0v) is 11.4. The van der Waals surface area contributed by atoms with E-state index in [1.807, 2.05) is 0 Å². The number of hydrogen-bond acceptors (Lipinski definition) is 6. The smallest absolute Gasteiger partial charge is 0.279 e. The highest BCUT2D eigenvalue weighted by molar-refractivity contribution is 9.10. The van der Waals surface area contributed by atoms with Gasteiger partial charge in [-0.05, 0) is 15.9 Å². The molecule has 1 rings (SSSR count). The summed E-state index contributed by atoms with van der Waals surface area (Å²) in [7, 11) is 2.78. The second kappa shape index (κ2) is 5.98. The molecule has 0 aromatic heterocycles. The van der Waals surface area contributed by atoms with Gasteiger partial charge in [0.2, 0.25) is 0 Å². The highest BCUT2D eigenvalue weighted by Gasteiger charge is 2.28. The van der Waals surface area contributed by atoms with Crippen molar-refractivity contribution >= 4 is 21.6 Å². The van der Waals surface area contributed by atoms with E-state index in [0.717, 1.165) is 0 Å². The van der Waals surface area contributed by atoms with E-state index < -0.39 is 17.6 Å². The molecule has 0 unspecified atom stereocenters. The van der Waals surface area contributed by atoms with Crippen LogP contribution in [0.1, 0.15) is 11.6 Å². The molecule has 8 heteroatoms. The quantitative estimate of drug-likeness (QED) is 0.626. The van der Waals surface area contributed by atoms with Crippen molar-refractivity contribution in [3.05, 3.63) is 26.2 Å². The molecule has 0 aliphatic heterocycles. The van der Waals surface area contributed by atoms with Gasteiger partial charge in [-0.3, -0.25) is 10.1 Å². The molecular formula is C10H13BrN2O5. The molecule has 0 saturated carbocycles. The molecule has 1 aromatic rings. The van der Waals surface area contributed by atoms with E-state index in [2.05, 4.69) is 15.9 Å². The van der Waals surface area contributed by atoms with Crippen LogP contribution in [0, 0.1) is 10.1 Å². The number of methoxy groups -OCH3 is 2. The number of nitrogens with two attached hydrogens (primary N) is 1. The van der Waals surface area contributed by atoms with E-state index >= 15 is 0 Å². The van der Waals surface area contributed by atoms with Crippen LogP contribution in [0.2, 0.25) is 0 Å². The first-order chi connectivity index (χ1) is 8.47. The number of nitro benzene ring substituents is 1. The molecule has 18 heavy (non-hydrogen) atoms. The van der Waals surface area contributed by atoms with Gasteiger partial charge in [0.15, 0.2) is 11.5 Å². The summed E-state index contributed by atoms with van der Waals surface area (Å²) in [5.74, 6) is 0.506. The Morgan fingerprint density at radius 2 is 2.17 bits per heavy atom. The van der Waals surface area contributed by atoms with Gasteiger partial charge in [0, 0.05) is 0 Å². The van der Waals surface area contributed by atoms with Crippen LogP contribution in [0.15, 0.2) is 10.5 Å². The minimum atomic E-state index is -0.889. The Kier molecular flexibility index (Phi) is 4.88. The van der Waals surface area contributed by atoms with Gasteiger partial charge in [0.25, 0.3) is 5.69 Å². The fraction of sp³-hybridized carbons (Fsp3) is 0.400. The van der Waals surface area contributed by atoms with Crippen LogP contribution in [0.25, 0.3) is 0 Å².